The van der Waals surface area contributed by atoms with Crippen LogP contribution in [-0.2, 0) is 4.79 Å². The first-order valence-corrected chi connectivity index (χ1v) is 11.0. The molecule has 0 N–H and O–H groups in total. The van der Waals surface area contributed by atoms with Gasteiger partial charge in [0.05, 0.1) is 29.9 Å². The number of ether oxygens (including phenoxy) is 2. The third-order valence-corrected chi connectivity index (χ3v) is 5.56. The second-order valence-corrected chi connectivity index (χ2v) is 7.83. The van der Waals surface area contributed by atoms with Gasteiger partial charge in [0.1, 0.15) is 11.5 Å². The molecule has 0 saturated carbocycles. The Morgan fingerprint density at radius 3 is 2.34 bits per heavy atom. The zero-order chi connectivity index (χ0) is 24.8. The summed E-state index contributed by atoms with van der Waals surface area (Å²) in [6, 6.07) is 22.9. The molecule has 0 atom stereocenters. The molecule has 3 aromatic rings. The number of amides is 2. The van der Waals surface area contributed by atoms with Gasteiger partial charge < -0.3 is 9.47 Å². The van der Waals surface area contributed by atoms with E-state index in [0.717, 1.165) is 4.90 Å². The van der Waals surface area contributed by atoms with Gasteiger partial charge in [0.15, 0.2) is 0 Å². The molecule has 7 nitrogen and oxygen atoms in total. The highest BCUT2D eigenvalue weighted by atomic mass is 16.5. The highest BCUT2D eigenvalue weighted by Gasteiger charge is 2.34. The molecule has 0 aromatic heterocycles. The fourth-order valence-electron chi connectivity index (χ4n) is 3.88. The van der Waals surface area contributed by atoms with E-state index in [1.165, 1.54) is 0 Å². The number of rotatable bonds is 8. The van der Waals surface area contributed by atoms with Gasteiger partial charge in [-0.25, -0.2) is 0 Å². The third kappa shape index (κ3) is 5.12. The molecule has 7 heteroatoms. The topological polar surface area (TPSA) is 96.7 Å². The van der Waals surface area contributed by atoms with Crippen LogP contribution in [0, 0.1) is 11.3 Å². The van der Waals surface area contributed by atoms with E-state index >= 15 is 0 Å². The zero-order valence-electron chi connectivity index (χ0n) is 19.1. The van der Waals surface area contributed by atoms with Gasteiger partial charge in [0, 0.05) is 18.5 Å². The normalized spacial score (nSPS) is 12.8. The number of hydrogen-bond acceptors (Lipinski definition) is 6. The molecule has 0 bridgehead atoms. The summed E-state index contributed by atoms with van der Waals surface area (Å²) in [4.78, 5) is 38.4. The number of methoxy groups -OCH3 is 1. The first kappa shape index (κ1) is 23.5. The van der Waals surface area contributed by atoms with Crippen molar-refractivity contribution in [2.45, 2.75) is 12.8 Å². The van der Waals surface area contributed by atoms with E-state index < -0.39 is 5.97 Å². The van der Waals surface area contributed by atoms with Crippen LogP contribution in [0.2, 0.25) is 0 Å². The maximum Gasteiger partial charge on any atom is 0.311 e. The number of hydrogen-bond donors (Lipinski definition) is 0. The van der Waals surface area contributed by atoms with E-state index in [9.17, 15) is 19.6 Å². The highest BCUT2D eigenvalue weighted by Crippen LogP contribution is 2.28. The second kappa shape index (κ2) is 10.5. The molecule has 0 saturated heterocycles. The largest absolute Gasteiger partial charge is 0.496 e. The van der Waals surface area contributed by atoms with E-state index in [1.807, 2.05) is 12.1 Å². The van der Waals surface area contributed by atoms with E-state index in [2.05, 4.69) is 6.07 Å². The van der Waals surface area contributed by atoms with Crippen LogP contribution in [0.1, 0.15) is 44.7 Å². The van der Waals surface area contributed by atoms with Crippen molar-refractivity contribution >= 4 is 29.4 Å². The summed E-state index contributed by atoms with van der Waals surface area (Å²) in [6.07, 6.45) is 2.02. The number of carbonyl (C=O) groups is 3. The number of carbonyl (C=O) groups excluding carboxylic acids is 3. The summed E-state index contributed by atoms with van der Waals surface area (Å²) in [7, 11) is 1.54. The van der Waals surface area contributed by atoms with Gasteiger partial charge in [-0.3, -0.25) is 19.3 Å². The minimum atomic E-state index is -0.479. The predicted octanol–water partition coefficient (Wildman–Crippen LogP) is 4.74. The summed E-state index contributed by atoms with van der Waals surface area (Å²) in [6.45, 7) is 0.134. The Balaban J connectivity index is 1.37. The number of esters is 1. The molecule has 35 heavy (non-hydrogen) atoms. The highest BCUT2D eigenvalue weighted by molar-refractivity contribution is 6.21. The molecular formula is C28H22N2O5. The van der Waals surface area contributed by atoms with Crippen LogP contribution in [-0.4, -0.2) is 36.3 Å². The summed E-state index contributed by atoms with van der Waals surface area (Å²) in [5.74, 6) is -0.251. The third-order valence-electron chi connectivity index (χ3n) is 5.56. The zero-order valence-corrected chi connectivity index (χ0v) is 19.1. The molecule has 1 heterocycles. The standard InChI is InChI=1S/C28H22N2O5/c1-34-25-13-5-4-10-22(25)20(18-29)16-19-8-6-9-21(17-19)35-26(31)14-7-15-30-27(32)23-11-2-3-12-24(23)28(30)33/h2-6,8-13,16-17H,7,14-15H2,1H3/b20-16-. The van der Waals surface area contributed by atoms with Gasteiger partial charge in [0.2, 0.25) is 0 Å². The number of imide groups is 1. The monoisotopic (exact) mass is 466 g/mol. The van der Waals surface area contributed by atoms with E-state index in [1.54, 1.807) is 73.8 Å². The van der Waals surface area contributed by atoms with Crippen LogP contribution in [0.5, 0.6) is 11.5 Å². The van der Waals surface area contributed by atoms with Crippen molar-refractivity contribution < 1.29 is 23.9 Å². The Labute approximate surface area is 202 Å². The molecule has 0 fully saturated rings. The lowest BCUT2D eigenvalue weighted by atomic mass is 10.0. The Morgan fingerprint density at radius 2 is 1.66 bits per heavy atom. The first-order chi connectivity index (χ1) is 17.0. The Bertz CT molecular complexity index is 1330. The molecule has 4 rings (SSSR count). The molecule has 0 radical (unpaired) electrons. The first-order valence-electron chi connectivity index (χ1n) is 11.0. The number of nitrogens with zero attached hydrogens (tertiary/aromatic N) is 2. The van der Waals surface area contributed by atoms with Gasteiger partial charge in [-0.2, -0.15) is 5.26 Å². The van der Waals surface area contributed by atoms with Crippen LogP contribution < -0.4 is 9.47 Å². The maximum absolute atomic E-state index is 12.4. The second-order valence-electron chi connectivity index (χ2n) is 7.83. The number of fused-ring (bicyclic) bond motifs is 1. The number of benzene rings is 3. The summed E-state index contributed by atoms with van der Waals surface area (Å²) in [5.41, 5.74) is 2.52. The van der Waals surface area contributed by atoms with Crippen molar-refractivity contribution in [3.63, 3.8) is 0 Å². The van der Waals surface area contributed by atoms with E-state index in [-0.39, 0.29) is 31.2 Å². The Hall–Kier alpha value is -4.70. The lowest BCUT2D eigenvalue weighted by Gasteiger charge is -2.13. The van der Waals surface area contributed by atoms with Crippen LogP contribution in [0.3, 0.4) is 0 Å². The van der Waals surface area contributed by atoms with Crippen LogP contribution in [0.15, 0.2) is 72.8 Å². The van der Waals surface area contributed by atoms with Crippen molar-refractivity contribution in [2.24, 2.45) is 0 Å². The Kier molecular flexibility index (Phi) is 7.03. The van der Waals surface area contributed by atoms with Crippen molar-refractivity contribution in [3.8, 4) is 17.6 Å². The van der Waals surface area contributed by atoms with Crippen LogP contribution >= 0.6 is 0 Å². The van der Waals surface area contributed by atoms with Gasteiger partial charge in [-0.05, 0) is 54.5 Å². The van der Waals surface area contributed by atoms with E-state index in [0.29, 0.717) is 39.3 Å². The molecule has 1 aliphatic rings. The molecule has 0 spiro atoms. The maximum atomic E-state index is 12.4. The molecule has 0 unspecified atom stereocenters. The summed E-state index contributed by atoms with van der Waals surface area (Å²) < 4.78 is 10.8. The molecule has 2 amide bonds. The average molecular weight is 466 g/mol. The molecule has 174 valence electrons. The predicted molar refractivity (Wildman–Crippen MR) is 130 cm³/mol. The minimum Gasteiger partial charge on any atom is -0.496 e. The van der Waals surface area contributed by atoms with Gasteiger partial charge in [-0.15, -0.1) is 0 Å². The van der Waals surface area contributed by atoms with Crippen molar-refractivity contribution in [1.82, 2.24) is 4.90 Å². The summed E-state index contributed by atoms with van der Waals surface area (Å²) in [5, 5.41) is 9.65. The number of para-hydroxylation sites is 1. The summed E-state index contributed by atoms with van der Waals surface area (Å²) >= 11 is 0. The van der Waals surface area contributed by atoms with Crippen molar-refractivity contribution in [1.29, 1.82) is 5.26 Å². The number of allylic oxidation sites excluding steroid dienone is 1. The van der Waals surface area contributed by atoms with Gasteiger partial charge >= 0.3 is 5.97 Å². The van der Waals surface area contributed by atoms with Gasteiger partial charge in [-0.1, -0.05) is 36.4 Å². The molecular weight excluding hydrogens is 444 g/mol. The lowest BCUT2D eigenvalue weighted by molar-refractivity contribution is -0.134. The molecule has 1 aliphatic heterocycles. The molecule has 0 aliphatic carbocycles. The van der Waals surface area contributed by atoms with E-state index in [4.69, 9.17) is 9.47 Å². The fraction of sp³-hybridized carbons (Fsp3) is 0.143. The minimum absolute atomic E-state index is 0.0398. The smallest absolute Gasteiger partial charge is 0.311 e. The Morgan fingerprint density at radius 1 is 0.971 bits per heavy atom. The quantitative estimate of drug-likeness (QED) is 0.156. The van der Waals surface area contributed by atoms with Gasteiger partial charge in [0.25, 0.3) is 11.8 Å². The lowest BCUT2D eigenvalue weighted by Crippen LogP contribution is -2.31. The molecule has 3 aromatic carbocycles. The SMILES string of the molecule is COc1ccccc1/C(C#N)=C\c1cccc(OC(=O)CCCN2C(=O)c3ccccc3C2=O)c1. The van der Waals surface area contributed by atoms with Crippen LogP contribution in [0.25, 0.3) is 11.6 Å². The van der Waals surface area contributed by atoms with Crippen LogP contribution in [0.4, 0.5) is 0 Å². The fourth-order valence-corrected chi connectivity index (χ4v) is 3.88. The number of nitriles is 1. The average Bonchev–Trinajstić information content (AvgIpc) is 3.12. The van der Waals surface area contributed by atoms with Crippen molar-refractivity contribution in [3.05, 3.63) is 95.1 Å². The van der Waals surface area contributed by atoms with Crippen molar-refractivity contribution in [2.75, 3.05) is 13.7 Å².